The lowest BCUT2D eigenvalue weighted by molar-refractivity contribution is -0.128. The molecule has 0 spiro atoms. The van der Waals surface area contributed by atoms with E-state index in [1.54, 1.807) is 13.1 Å². The van der Waals surface area contributed by atoms with Crippen LogP contribution < -0.4 is 16.4 Å². The lowest BCUT2D eigenvalue weighted by Gasteiger charge is -2.37. The second-order valence-corrected chi connectivity index (χ2v) is 12.2. The maximum absolute atomic E-state index is 12.4. The van der Waals surface area contributed by atoms with Crippen LogP contribution in [0, 0.1) is 11.8 Å². The van der Waals surface area contributed by atoms with E-state index in [1.165, 1.54) is 17.3 Å². The number of nitrogens with one attached hydrogen (secondary N) is 2. The number of aliphatic imine (C=N–C) groups is 2. The van der Waals surface area contributed by atoms with E-state index in [0.717, 1.165) is 80.6 Å². The summed E-state index contributed by atoms with van der Waals surface area (Å²) in [6, 6.07) is 0. The molecule has 0 aromatic carbocycles. The molecule has 0 unspecified atom stereocenters. The van der Waals surface area contributed by atoms with Crippen LogP contribution >= 0.6 is 0 Å². The fraction of sp³-hybridized carbons (Fsp3) is 0.595. The van der Waals surface area contributed by atoms with Gasteiger partial charge in [-0.2, -0.15) is 0 Å². The minimum absolute atomic E-state index is 0.0233. The molecular weight excluding hydrogens is 574 g/mol. The Morgan fingerprint density at radius 3 is 2.37 bits per heavy atom. The topological polar surface area (TPSA) is 108 Å². The van der Waals surface area contributed by atoms with Crippen molar-refractivity contribution < 1.29 is 9.53 Å². The van der Waals surface area contributed by atoms with Gasteiger partial charge in [0.25, 0.3) is 0 Å². The number of nitrogens with zero attached hydrogens (tertiary/aromatic N) is 4. The largest absolute Gasteiger partial charge is 0.490 e. The molecule has 4 N–H and O–H groups in total. The SMILES string of the molecule is C=C(/N=C\C1=C(C)CN(C(=C/C)/C(C)=C2\C(=C/C)OCCN2C(C)=O)CC1)N/C(C=NCC1CCNCC1)=C/N.CC.CC(C)C. The van der Waals surface area contributed by atoms with Crippen molar-refractivity contribution in [2.75, 3.05) is 45.9 Å². The second kappa shape index (κ2) is 22.0. The summed E-state index contributed by atoms with van der Waals surface area (Å²) in [7, 11) is 0. The maximum atomic E-state index is 12.4. The van der Waals surface area contributed by atoms with Gasteiger partial charge in [-0.05, 0) is 94.7 Å². The van der Waals surface area contributed by atoms with E-state index in [2.05, 4.69) is 72.8 Å². The van der Waals surface area contributed by atoms with Gasteiger partial charge in [-0.25, -0.2) is 4.99 Å². The van der Waals surface area contributed by atoms with Gasteiger partial charge >= 0.3 is 0 Å². The standard InChI is InChI=1S/C31H47N7O2.C4H10.C2H6/c1-7-29(23(4)31-30(8-2)40-16-15-38(31)25(6)39)37-14-11-27(22(3)21-37)19-35-24(5)36-28(17-32)20-34-18-26-9-12-33-13-10-26;1-4(2)3;1-2/h7-8,17,19-20,26,33,36H,5,9-16,18,21,32H2,1-4,6H3;4H,1-3H3;1-2H3/b28-17+,29-7+,30-8+,31-23+,34-20?,35-19-;;. The predicted molar refractivity (Wildman–Crippen MR) is 196 cm³/mol. The van der Waals surface area contributed by atoms with Crippen molar-refractivity contribution in [1.82, 2.24) is 20.4 Å². The molecule has 0 aromatic rings. The van der Waals surface area contributed by atoms with Crippen molar-refractivity contribution in [1.29, 1.82) is 0 Å². The Balaban J connectivity index is 0.00000163. The summed E-state index contributed by atoms with van der Waals surface area (Å²) in [5.74, 6) is 2.75. The highest BCUT2D eigenvalue weighted by Gasteiger charge is 2.28. The number of rotatable bonds is 9. The fourth-order valence-electron chi connectivity index (χ4n) is 5.39. The summed E-state index contributed by atoms with van der Waals surface area (Å²) in [4.78, 5) is 25.7. The molecule has 0 atom stereocenters. The molecule has 0 saturated carbocycles. The van der Waals surface area contributed by atoms with E-state index in [0.29, 0.717) is 30.6 Å². The molecule has 0 aliphatic carbocycles. The first-order valence-corrected chi connectivity index (χ1v) is 17.0. The molecular formula is C37H63N7O2. The molecule has 3 rings (SSSR count). The third kappa shape index (κ3) is 13.4. The number of hydrogen-bond donors (Lipinski definition) is 3. The number of morpholine rings is 1. The highest BCUT2D eigenvalue weighted by molar-refractivity contribution is 5.82. The van der Waals surface area contributed by atoms with Crippen molar-refractivity contribution in [2.45, 2.75) is 88.5 Å². The number of allylic oxidation sites excluding steroid dienone is 4. The van der Waals surface area contributed by atoms with Gasteiger partial charge in [0.15, 0.2) is 0 Å². The molecule has 9 nitrogen and oxygen atoms in total. The van der Waals surface area contributed by atoms with E-state index in [9.17, 15) is 4.79 Å². The van der Waals surface area contributed by atoms with E-state index >= 15 is 0 Å². The van der Waals surface area contributed by atoms with Crippen molar-refractivity contribution >= 4 is 18.3 Å². The van der Waals surface area contributed by atoms with Crippen molar-refractivity contribution in [3.05, 3.63) is 70.3 Å². The van der Waals surface area contributed by atoms with Crippen LogP contribution in [0.1, 0.15) is 88.5 Å². The average Bonchev–Trinajstić information content (AvgIpc) is 3.04. The first-order valence-electron chi connectivity index (χ1n) is 17.0. The van der Waals surface area contributed by atoms with Crippen LogP contribution in [0.5, 0.6) is 0 Å². The predicted octanol–water partition coefficient (Wildman–Crippen LogP) is 6.66. The molecule has 1 amide bonds. The first kappa shape index (κ1) is 40.4. The second-order valence-electron chi connectivity index (χ2n) is 12.2. The fourth-order valence-corrected chi connectivity index (χ4v) is 5.39. The number of piperidine rings is 1. The van der Waals surface area contributed by atoms with E-state index in [1.807, 2.05) is 44.9 Å². The van der Waals surface area contributed by atoms with E-state index in [4.69, 9.17) is 10.5 Å². The summed E-state index contributed by atoms with van der Waals surface area (Å²) in [5.41, 5.74) is 11.9. The van der Waals surface area contributed by atoms with Gasteiger partial charge in [0, 0.05) is 50.9 Å². The molecule has 0 aromatic heterocycles. The molecule has 3 heterocycles. The average molecular weight is 638 g/mol. The zero-order chi connectivity index (χ0) is 34.6. The van der Waals surface area contributed by atoms with Crippen LogP contribution in [-0.2, 0) is 9.53 Å². The van der Waals surface area contributed by atoms with Gasteiger partial charge in [0.1, 0.15) is 18.2 Å². The van der Waals surface area contributed by atoms with E-state index < -0.39 is 0 Å². The molecule has 258 valence electrons. The Labute approximate surface area is 280 Å². The monoisotopic (exact) mass is 638 g/mol. The molecule has 2 saturated heterocycles. The summed E-state index contributed by atoms with van der Waals surface area (Å²) >= 11 is 0. The number of amides is 1. The Bertz CT molecular complexity index is 1200. The highest BCUT2D eigenvalue weighted by atomic mass is 16.5. The lowest BCUT2D eigenvalue weighted by atomic mass is 9.99. The van der Waals surface area contributed by atoms with Gasteiger partial charge in [-0.1, -0.05) is 47.3 Å². The Morgan fingerprint density at radius 2 is 1.83 bits per heavy atom. The summed E-state index contributed by atoms with van der Waals surface area (Å²) in [6.07, 6.45) is 12.4. The maximum Gasteiger partial charge on any atom is 0.224 e. The first-order chi connectivity index (χ1) is 22.0. The van der Waals surface area contributed by atoms with Crippen LogP contribution in [-0.4, -0.2) is 74.0 Å². The third-order valence-corrected chi connectivity index (χ3v) is 7.60. The Hall–Kier alpha value is -3.59. The van der Waals surface area contributed by atoms with Crippen LogP contribution in [0.4, 0.5) is 0 Å². The highest BCUT2D eigenvalue weighted by Crippen LogP contribution is 2.32. The number of nitrogens with two attached hydrogens (primary N) is 1. The normalized spacial score (nSPS) is 20.4. The third-order valence-electron chi connectivity index (χ3n) is 7.60. The van der Waals surface area contributed by atoms with Crippen molar-refractivity contribution in [3.8, 4) is 0 Å². The van der Waals surface area contributed by atoms with Gasteiger partial charge in [0.05, 0.1) is 17.9 Å². The van der Waals surface area contributed by atoms with Crippen molar-refractivity contribution in [3.63, 3.8) is 0 Å². The zero-order valence-corrected chi connectivity index (χ0v) is 30.5. The van der Waals surface area contributed by atoms with Crippen LogP contribution in [0.3, 0.4) is 0 Å². The summed E-state index contributed by atoms with van der Waals surface area (Å²) in [6.45, 7) is 30.0. The number of carbonyl (C=O) groups is 1. The Morgan fingerprint density at radius 1 is 1.17 bits per heavy atom. The summed E-state index contributed by atoms with van der Waals surface area (Å²) in [5, 5.41) is 6.53. The minimum atomic E-state index is 0.0233. The number of ether oxygens (including phenoxy) is 1. The molecule has 3 aliphatic rings. The smallest absolute Gasteiger partial charge is 0.224 e. The van der Waals surface area contributed by atoms with Crippen LogP contribution in [0.2, 0.25) is 0 Å². The zero-order valence-electron chi connectivity index (χ0n) is 30.5. The van der Waals surface area contributed by atoms with Gasteiger partial charge < -0.3 is 30.9 Å². The number of hydrogen-bond acceptors (Lipinski definition) is 8. The summed E-state index contributed by atoms with van der Waals surface area (Å²) < 4.78 is 5.90. The van der Waals surface area contributed by atoms with Crippen LogP contribution in [0.15, 0.2) is 80.3 Å². The quantitative estimate of drug-likeness (QED) is 0.244. The number of carbonyl (C=O) groups excluding carboxylic acids is 1. The van der Waals surface area contributed by atoms with E-state index in [-0.39, 0.29) is 5.91 Å². The van der Waals surface area contributed by atoms with Crippen LogP contribution in [0.25, 0.3) is 0 Å². The van der Waals surface area contributed by atoms with Gasteiger partial charge in [-0.15, -0.1) is 0 Å². The molecule has 0 bridgehead atoms. The molecule has 46 heavy (non-hydrogen) atoms. The molecule has 3 aliphatic heterocycles. The van der Waals surface area contributed by atoms with Crippen molar-refractivity contribution in [2.24, 2.45) is 27.6 Å². The van der Waals surface area contributed by atoms with Gasteiger partial charge in [-0.3, -0.25) is 9.79 Å². The molecule has 2 fully saturated rings. The molecule has 0 radical (unpaired) electrons. The Kier molecular flexibility index (Phi) is 19.4. The molecule has 9 heteroatoms. The lowest BCUT2D eigenvalue weighted by Crippen LogP contribution is -2.39. The minimum Gasteiger partial charge on any atom is -0.490 e. The van der Waals surface area contributed by atoms with Gasteiger partial charge in [0.2, 0.25) is 5.91 Å².